The van der Waals surface area contributed by atoms with Gasteiger partial charge in [-0.1, -0.05) is 0 Å². The van der Waals surface area contributed by atoms with Crippen molar-refractivity contribution in [1.82, 2.24) is 9.80 Å². The fourth-order valence-corrected chi connectivity index (χ4v) is 2.54. The van der Waals surface area contributed by atoms with Crippen LogP contribution in [0.1, 0.15) is 38.1 Å². The quantitative estimate of drug-likeness (QED) is 0.806. The van der Waals surface area contributed by atoms with Crippen LogP contribution in [-0.2, 0) is 4.74 Å². The van der Waals surface area contributed by atoms with Gasteiger partial charge in [-0.3, -0.25) is 4.79 Å². The summed E-state index contributed by atoms with van der Waals surface area (Å²) in [6.45, 7) is 8.89. The van der Waals surface area contributed by atoms with Gasteiger partial charge in [-0.2, -0.15) is 0 Å². The fourth-order valence-electron chi connectivity index (χ4n) is 2.54. The highest BCUT2D eigenvalue weighted by Crippen LogP contribution is 2.17. The zero-order valence-corrected chi connectivity index (χ0v) is 14.2. The van der Waals surface area contributed by atoms with Crippen molar-refractivity contribution >= 4 is 17.7 Å². The molecule has 0 spiro atoms. The van der Waals surface area contributed by atoms with Gasteiger partial charge in [0, 0.05) is 36.9 Å². The highest BCUT2D eigenvalue weighted by molar-refractivity contribution is 5.94. The number of carbonyl (C=O) groups excluding carboxylic acids is 2. The number of nitrogens with two attached hydrogens (primary N) is 1. The fraction of sp³-hybridized carbons (Fsp3) is 0.529. The summed E-state index contributed by atoms with van der Waals surface area (Å²) in [5, 5.41) is 0. The van der Waals surface area contributed by atoms with Crippen LogP contribution in [0.3, 0.4) is 0 Å². The Balaban J connectivity index is 2.00. The molecule has 1 aromatic carbocycles. The van der Waals surface area contributed by atoms with Gasteiger partial charge in [0.2, 0.25) is 0 Å². The molecule has 0 saturated carbocycles. The molecule has 2 amide bonds. The number of nitrogens with zero attached hydrogens (tertiary/aromatic N) is 2. The lowest BCUT2D eigenvalue weighted by Gasteiger charge is -2.40. The first-order chi connectivity index (χ1) is 10.7. The van der Waals surface area contributed by atoms with E-state index in [2.05, 4.69) is 0 Å². The van der Waals surface area contributed by atoms with Crippen molar-refractivity contribution in [2.45, 2.75) is 39.3 Å². The lowest BCUT2D eigenvalue weighted by Crippen LogP contribution is -2.56. The van der Waals surface area contributed by atoms with Crippen molar-refractivity contribution in [2.75, 3.05) is 25.4 Å². The monoisotopic (exact) mass is 319 g/mol. The Bertz CT molecular complexity index is 578. The van der Waals surface area contributed by atoms with Crippen molar-refractivity contribution in [1.29, 1.82) is 0 Å². The van der Waals surface area contributed by atoms with Crippen molar-refractivity contribution in [3.8, 4) is 0 Å². The second-order valence-corrected chi connectivity index (χ2v) is 6.90. The van der Waals surface area contributed by atoms with Crippen LogP contribution in [0.25, 0.3) is 0 Å². The first kappa shape index (κ1) is 17.1. The lowest BCUT2D eigenvalue weighted by atomic mass is 10.1. The summed E-state index contributed by atoms with van der Waals surface area (Å²) in [4.78, 5) is 28.1. The molecule has 0 bridgehead atoms. The maximum atomic E-state index is 12.6. The zero-order valence-electron chi connectivity index (χ0n) is 14.2. The molecule has 0 unspecified atom stereocenters. The van der Waals surface area contributed by atoms with E-state index in [1.165, 1.54) is 0 Å². The molecule has 1 atom stereocenters. The van der Waals surface area contributed by atoms with Crippen LogP contribution < -0.4 is 5.73 Å². The van der Waals surface area contributed by atoms with Crippen LogP contribution in [0.2, 0.25) is 0 Å². The molecule has 1 aliphatic rings. The molecular weight excluding hydrogens is 294 g/mol. The van der Waals surface area contributed by atoms with Gasteiger partial charge in [0.15, 0.2) is 0 Å². The number of piperazine rings is 1. The van der Waals surface area contributed by atoms with E-state index < -0.39 is 5.60 Å². The Morgan fingerprint density at radius 1 is 1.17 bits per heavy atom. The minimum absolute atomic E-state index is 0.0404. The Labute approximate surface area is 137 Å². The van der Waals surface area contributed by atoms with Crippen LogP contribution in [0, 0.1) is 0 Å². The standard InChI is InChI=1S/C17H25N3O3/c1-12-11-19(16(22)23-17(2,3)4)9-10-20(12)15(21)13-5-7-14(18)8-6-13/h5-8,12H,9-11,18H2,1-4H3/t12-/m0/s1. The molecular formula is C17H25N3O3. The number of amides is 2. The van der Waals surface area contributed by atoms with Crippen molar-refractivity contribution < 1.29 is 14.3 Å². The molecule has 23 heavy (non-hydrogen) atoms. The summed E-state index contributed by atoms with van der Waals surface area (Å²) < 4.78 is 5.39. The maximum Gasteiger partial charge on any atom is 0.410 e. The molecule has 6 heteroatoms. The lowest BCUT2D eigenvalue weighted by molar-refractivity contribution is 0.00617. The second-order valence-electron chi connectivity index (χ2n) is 6.90. The van der Waals surface area contributed by atoms with Crippen LogP contribution in [0.15, 0.2) is 24.3 Å². The van der Waals surface area contributed by atoms with E-state index in [9.17, 15) is 9.59 Å². The first-order valence-corrected chi connectivity index (χ1v) is 7.82. The van der Waals surface area contributed by atoms with Gasteiger partial charge in [0.1, 0.15) is 5.60 Å². The molecule has 0 aromatic heterocycles. The molecule has 6 nitrogen and oxygen atoms in total. The van der Waals surface area contributed by atoms with Gasteiger partial charge in [0.25, 0.3) is 5.91 Å². The van der Waals surface area contributed by atoms with Crippen LogP contribution >= 0.6 is 0 Å². The normalized spacial score (nSPS) is 18.7. The topological polar surface area (TPSA) is 75.9 Å². The third-order valence-corrected chi connectivity index (χ3v) is 3.70. The van der Waals surface area contributed by atoms with E-state index in [-0.39, 0.29) is 18.0 Å². The Hall–Kier alpha value is -2.24. The molecule has 0 radical (unpaired) electrons. The van der Waals surface area contributed by atoms with Crippen molar-refractivity contribution in [3.63, 3.8) is 0 Å². The van der Waals surface area contributed by atoms with E-state index in [4.69, 9.17) is 10.5 Å². The Morgan fingerprint density at radius 2 is 1.78 bits per heavy atom. The Kier molecular flexibility index (Phi) is 4.82. The van der Waals surface area contributed by atoms with E-state index in [1.807, 2.05) is 27.7 Å². The SMILES string of the molecule is C[C@H]1CN(C(=O)OC(C)(C)C)CCN1C(=O)c1ccc(N)cc1. The predicted octanol–water partition coefficient (Wildman–Crippen LogP) is 2.35. The number of hydrogen-bond donors (Lipinski definition) is 1. The summed E-state index contributed by atoms with van der Waals surface area (Å²) >= 11 is 0. The highest BCUT2D eigenvalue weighted by Gasteiger charge is 2.32. The first-order valence-electron chi connectivity index (χ1n) is 7.82. The molecule has 2 N–H and O–H groups in total. The number of nitrogen functional groups attached to an aromatic ring is 1. The second kappa shape index (κ2) is 6.48. The van der Waals surface area contributed by atoms with Crippen molar-refractivity contribution in [2.24, 2.45) is 0 Å². The number of benzene rings is 1. The zero-order chi connectivity index (χ0) is 17.2. The van der Waals surface area contributed by atoms with E-state index in [1.54, 1.807) is 34.1 Å². The highest BCUT2D eigenvalue weighted by atomic mass is 16.6. The molecule has 1 aliphatic heterocycles. The number of hydrogen-bond acceptors (Lipinski definition) is 4. The summed E-state index contributed by atoms with van der Waals surface area (Å²) in [7, 11) is 0. The molecule has 0 aliphatic carbocycles. The van der Waals surface area contributed by atoms with Crippen LogP contribution in [0.5, 0.6) is 0 Å². The molecule has 2 rings (SSSR count). The summed E-state index contributed by atoms with van der Waals surface area (Å²) in [5.41, 5.74) is 6.37. The average molecular weight is 319 g/mol. The number of carbonyl (C=O) groups is 2. The van der Waals surface area contributed by atoms with Gasteiger partial charge in [-0.05, 0) is 52.0 Å². The largest absolute Gasteiger partial charge is 0.444 e. The van der Waals surface area contributed by atoms with Gasteiger partial charge in [-0.15, -0.1) is 0 Å². The minimum atomic E-state index is -0.517. The number of rotatable bonds is 1. The Morgan fingerprint density at radius 3 is 2.30 bits per heavy atom. The number of anilines is 1. The summed E-state index contributed by atoms with van der Waals surface area (Å²) in [6, 6.07) is 6.82. The summed E-state index contributed by atoms with van der Waals surface area (Å²) in [5.74, 6) is -0.0404. The summed E-state index contributed by atoms with van der Waals surface area (Å²) in [6.07, 6.45) is -0.330. The van der Waals surface area contributed by atoms with Gasteiger partial charge in [0.05, 0.1) is 0 Å². The van der Waals surface area contributed by atoms with Crippen LogP contribution in [0.4, 0.5) is 10.5 Å². The number of ether oxygens (including phenoxy) is 1. The van der Waals surface area contributed by atoms with Gasteiger partial charge in [-0.25, -0.2) is 4.79 Å². The molecule has 1 fully saturated rings. The maximum absolute atomic E-state index is 12.6. The predicted molar refractivity (Wildman–Crippen MR) is 89.2 cm³/mol. The molecule has 1 aromatic rings. The molecule has 126 valence electrons. The minimum Gasteiger partial charge on any atom is -0.444 e. The molecule has 1 heterocycles. The van der Waals surface area contributed by atoms with Crippen LogP contribution in [-0.4, -0.2) is 53.1 Å². The van der Waals surface area contributed by atoms with Gasteiger partial charge < -0.3 is 20.3 Å². The van der Waals surface area contributed by atoms with Gasteiger partial charge >= 0.3 is 6.09 Å². The third-order valence-electron chi connectivity index (χ3n) is 3.70. The average Bonchev–Trinajstić information content (AvgIpc) is 2.45. The van der Waals surface area contributed by atoms with E-state index in [0.29, 0.717) is 30.9 Å². The third kappa shape index (κ3) is 4.37. The van der Waals surface area contributed by atoms with Crippen molar-refractivity contribution in [3.05, 3.63) is 29.8 Å². The van der Waals surface area contributed by atoms with E-state index in [0.717, 1.165) is 0 Å². The van der Waals surface area contributed by atoms with E-state index >= 15 is 0 Å². The smallest absolute Gasteiger partial charge is 0.410 e. The molecule has 1 saturated heterocycles.